The summed E-state index contributed by atoms with van der Waals surface area (Å²) in [6.45, 7) is 1.39. The van der Waals surface area contributed by atoms with Crippen molar-refractivity contribution in [2.45, 2.75) is 13.3 Å². The Bertz CT molecular complexity index is 449. The molecule has 94 valence electrons. The maximum Gasteiger partial charge on any atom is 0.306 e. The Hall–Kier alpha value is -1.17. The first kappa shape index (κ1) is 13.9. The van der Waals surface area contributed by atoms with Gasteiger partial charge in [-0.25, -0.2) is 8.78 Å². The molecule has 3 nitrogen and oxygen atoms in total. The van der Waals surface area contributed by atoms with Gasteiger partial charge < -0.3 is 9.84 Å². The molecule has 0 aliphatic carbocycles. The van der Waals surface area contributed by atoms with Gasteiger partial charge in [-0.05, 0) is 22.4 Å². The Labute approximate surface area is 106 Å². The topological polar surface area (TPSA) is 46.5 Å². The number of halogens is 3. The smallest absolute Gasteiger partial charge is 0.306 e. The Kier molecular flexibility index (Phi) is 4.45. The number of carboxylic acid groups (broad SMARTS) is 1. The van der Waals surface area contributed by atoms with Gasteiger partial charge in [-0.2, -0.15) is 0 Å². The molecule has 1 aromatic carbocycles. The van der Waals surface area contributed by atoms with Crippen LogP contribution in [0.5, 0.6) is 5.75 Å². The summed E-state index contributed by atoms with van der Waals surface area (Å²) in [4.78, 5) is 10.7. The van der Waals surface area contributed by atoms with Crippen molar-refractivity contribution in [1.29, 1.82) is 0 Å². The quantitative estimate of drug-likeness (QED) is 0.870. The first-order chi connectivity index (χ1) is 7.88. The van der Waals surface area contributed by atoms with Crippen molar-refractivity contribution < 1.29 is 23.4 Å². The second-order valence-corrected chi connectivity index (χ2v) is 4.40. The molecule has 1 atom stereocenters. The lowest BCUT2D eigenvalue weighted by Crippen LogP contribution is -2.14. The van der Waals surface area contributed by atoms with Crippen LogP contribution in [0.1, 0.15) is 12.5 Å². The molecule has 1 N–H and O–H groups in total. The molecular weight excluding hydrogens is 298 g/mol. The summed E-state index contributed by atoms with van der Waals surface area (Å²) in [6.07, 6.45) is -0.213. The third kappa shape index (κ3) is 2.94. The first-order valence-corrected chi connectivity index (χ1v) is 5.61. The molecule has 1 unspecified atom stereocenters. The standard InChI is InChI=1S/C11H11BrF2O3/c1-5(11(15)16)3-6-7(13)4-8(17-2)9(12)10(6)14/h4-5H,3H2,1-2H3,(H,15,16). The van der Waals surface area contributed by atoms with E-state index in [1.165, 1.54) is 14.0 Å². The number of rotatable bonds is 4. The molecule has 0 heterocycles. The number of hydrogen-bond donors (Lipinski definition) is 1. The highest BCUT2D eigenvalue weighted by Gasteiger charge is 2.21. The monoisotopic (exact) mass is 308 g/mol. The van der Waals surface area contributed by atoms with Crippen LogP contribution in [-0.2, 0) is 11.2 Å². The summed E-state index contributed by atoms with van der Waals surface area (Å²) >= 11 is 2.94. The van der Waals surface area contributed by atoms with Gasteiger partial charge in [-0.3, -0.25) is 4.79 Å². The van der Waals surface area contributed by atoms with E-state index in [4.69, 9.17) is 9.84 Å². The zero-order chi connectivity index (χ0) is 13.2. The van der Waals surface area contributed by atoms with Crippen molar-refractivity contribution in [3.05, 3.63) is 27.7 Å². The zero-order valence-electron chi connectivity index (χ0n) is 9.26. The largest absolute Gasteiger partial charge is 0.495 e. The molecule has 0 radical (unpaired) electrons. The fourth-order valence-electron chi connectivity index (χ4n) is 1.34. The predicted molar refractivity (Wildman–Crippen MR) is 61.1 cm³/mol. The molecule has 0 saturated heterocycles. The Morgan fingerprint density at radius 3 is 2.65 bits per heavy atom. The summed E-state index contributed by atoms with van der Waals surface area (Å²) in [5, 5.41) is 8.71. The molecule has 0 aromatic heterocycles. The molecule has 1 rings (SSSR count). The van der Waals surface area contributed by atoms with Crippen LogP contribution in [0.15, 0.2) is 10.5 Å². The van der Waals surface area contributed by atoms with Gasteiger partial charge in [-0.1, -0.05) is 6.92 Å². The third-order valence-electron chi connectivity index (χ3n) is 2.37. The van der Waals surface area contributed by atoms with Crippen molar-refractivity contribution in [2.75, 3.05) is 7.11 Å². The highest BCUT2D eigenvalue weighted by molar-refractivity contribution is 9.10. The summed E-state index contributed by atoms with van der Waals surface area (Å²) < 4.78 is 32.1. The minimum absolute atomic E-state index is 0.00557. The van der Waals surface area contributed by atoms with E-state index in [1.54, 1.807) is 0 Å². The molecule has 0 aliphatic rings. The van der Waals surface area contributed by atoms with Crippen molar-refractivity contribution in [3.8, 4) is 5.75 Å². The predicted octanol–water partition coefficient (Wildman–Crippen LogP) is 3.00. The van der Waals surface area contributed by atoms with E-state index in [-0.39, 0.29) is 22.2 Å². The molecule has 0 fully saturated rings. The minimum Gasteiger partial charge on any atom is -0.495 e. The number of methoxy groups -OCH3 is 1. The fourth-order valence-corrected chi connectivity index (χ4v) is 1.86. The third-order valence-corrected chi connectivity index (χ3v) is 3.11. The van der Waals surface area contributed by atoms with Gasteiger partial charge in [0, 0.05) is 11.6 Å². The number of aliphatic carboxylic acids is 1. The number of carbonyl (C=O) groups is 1. The molecule has 0 amide bonds. The average molecular weight is 309 g/mol. The van der Waals surface area contributed by atoms with Gasteiger partial charge in [0.25, 0.3) is 0 Å². The normalized spacial score (nSPS) is 12.3. The van der Waals surface area contributed by atoms with Crippen LogP contribution < -0.4 is 4.74 Å². The van der Waals surface area contributed by atoms with E-state index in [1.807, 2.05) is 0 Å². The Morgan fingerprint density at radius 2 is 2.18 bits per heavy atom. The van der Waals surface area contributed by atoms with Crippen molar-refractivity contribution in [1.82, 2.24) is 0 Å². The summed E-state index contributed by atoms with van der Waals surface area (Å²) in [5.41, 5.74) is -0.257. The van der Waals surface area contributed by atoms with Gasteiger partial charge >= 0.3 is 5.97 Å². The van der Waals surface area contributed by atoms with Gasteiger partial charge in [0.2, 0.25) is 0 Å². The van der Waals surface area contributed by atoms with Crippen LogP contribution in [-0.4, -0.2) is 18.2 Å². The second kappa shape index (κ2) is 5.44. The summed E-state index contributed by atoms with van der Waals surface area (Å²) in [6, 6.07) is 1.02. The van der Waals surface area contributed by atoms with Gasteiger partial charge in [-0.15, -0.1) is 0 Å². The van der Waals surface area contributed by atoms with E-state index >= 15 is 0 Å². The zero-order valence-corrected chi connectivity index (χ0v) is 10.8. The van der Waals surface area contributed by atoms with Crippen molar-refractivity contribution >= 4 is 21.9 Å². The summed E-state index contributed by atoms with van der Waals surface area (Å²) in [7, 11) is 1.29. The maximum atomic E-state index is 13.8. The molecule has 0 aliphatic heterocycles. The highest BCUT2D eigenvalue weighted by atomic mass is 79.9. The maximum absolute atomic E-state index is 13.8. The first-order valence-electron chi connectivity index (χ1n) is 4.81. The van der Waals surface area contributed by atoms with Gasteiger partial charge in [0.1, 0.15) is 17.4 Å². The molecule has 6 heteroatoms. The van der Waals surface area contributed by atoms with E-state index < -0.39 is 23.5 Å². The van der Waals surface area contributed by atoms with Gasteiger partial charge in [0.05, 0.1) is 17.5 Å². The number of benzene rings is 1. The number of ether oxygens (including phenoxy) is 1. The molecule has 0 bridgehead atoms. The number of hydrogen-bond acceptors (Lipinski definition) is 2. The Morgan fingerprint density at radius 1 is 1.59 bits per heavy atom. The van der Waals surface area contributed by atoms with Crippen LogP contribution in [0.4, 0.5) is 8.78 Å². The van der Waals surface area contributed by atoms with Crippen LogP contribution in [0, 0.1) is 17.6 Å². The van der Waals surface area contributed by atoms with Crippen LogP contribution in [0.3, 0.4) is 0 Å². The molecule has 0 saturated carbocycles. The summed E-state index contributed by atoms with van der Waals surface area (Å²) in [5.74, 6) is -3.56. The number of carboxylic acids is 1. The lowest BCUT2D eigenvalue weighted by molar-refractivity contribution is -0.141. The Balaban J connectivity index is 3.17. The van der Waals surface area contributed by atoms with Crippen LogP contribution in [0.25, 0.3) is 0 Å². The average Bonchev–Trinajstić information content (AvgIpc) is 2.28. The SMILES string of the molecule is COc1cc(F)c(CC(C)C(=O)O)c(F)c1Br. The fraction of sp³-hybridized carbons (Fsp3) is 0.364. The molecular formula is C11H11BrF2O3. The van der Waals surface area contributed by atoms with Crippen molar-refractivity contribution in [3.63, 3.8) is 0 Å². The highest BCUT2D eigenvalue weighted by Crippen LogP contribution is 2.32. The lowest BCUT2D eigenvalue weighted by atomic mass is 10.0. The lowest BCUT2D eigenvalue weighted by Gasteiger charge is -2.12. The van der Waals surface area contributed by atoms with E-state index in [9.17, 15) is 13.6 Å². The van der Waals surface area contributed by atoms with Gasteiger partial charge in [0.15, 0.2) is 0 Å². The van der Waals surface area contributed by atoms with E-state index in [0.29, 0.717) is 0 Å². The van der Waals surface area contributed by atoms with Crippen LogP contribution in [0.2, 0.25) is 0 Å². The minimum atomic E-state index is -1.10. The molecule has 17 heavy (non-hydrogen) atoms. The van der Waals surface area contributed by atoms with Crippen LogP contribution >= 0.6 is 15.9 Å². The second-order valence-electron chi connectivity index (χ2n) is 3.61. The molecule has 0 spiro atoms. The van der Waals surface area contributed by atoms with E-state index in [2.05, 4.69) is 15.9 Å². The van der Waals surface area contributed by atoms with Crippen molar-refractivity contribution in [2.24, 2.45) is 5.92 Å². The van der Waals surface area contributed by atoms with E-state index in [0.717, 1.165) is 6.07 Å². The molecule has 1 aromatic rings.